The second-order valence-electron chi connectivity index (χ2n) is 20.0. The number of rotatable bonds is 16. The highest BCUT2D eigenvalue weighted by Crippen LogP contribution is 2.44. The van der Waals surface area contributed by atoms with Crippen molar-refractivity contribution >= 4 is 57.6 Å². The Hall–Kier alpha value is -6.12. The summed E-state index contributed by atoms with van der Waals surface area (Å²) in [6.45, 7) is 7.85. The number of halogens is 1. The number of piperazine rings is 1. The SMILES string of the molecule is COc1cc2c(cc1OC(C)C)C(c1ccc(Cl)cc1)N(c1ccc(N(C)CC3CCC(N4CCN(CCCCCc5ccc6c(c5)n(C)c(=O)n6C5CCC(=O)NC5=O)C(=O)C4)CC3)cc1)C(=O)C2. The van der Waals surface area contributed by atoms with E-state index in [2.05, 4.69) is 46.4 Å². The fourth-order valence-corrected chi connectivity index (χ4v) is 11.4. The molecule has 0 radical (unpaired) electrons. The molecule has 9 rings (SSSR count). The molecule has 2 unspecified atom stereocenters. The lowest BCUT2D eigenvalue weighted by Crippen LogP contribution is -2.54. The predicted octanol–water partition coefficient (Wildman–Crippen LogP) is 8.00. The van der Waals surface area contributed by atoms with Gasteiger partial charge in [0, 0.05) is 69.1 Å². The van der Waals surface area contributed by atoms with Crippen molar-refractivity contribution in [1.29, 1.82) is 0 Å². The number of fused-ring (bicyclic) bond motifs is 2. The van der Waals surface area contributed by atoms with Crippen LogP contribution in [-0.2, 0) is 39.1 Å². The van der Waals surface area contributed by atoms with Gasteiger partial charge in [-0.05, 0) is 154 Å². The number of piperidine rings is 1. The second kappa shape index (κ2) is 21.1. The van der Waals surface area contributed by atoms with Crippen LogP contribution in [0.4, 0.5) is 11.4 Å². The van der Waals surface area contributed by atoms with Crippen LogP contribution >= 0.6 is 11.6 Å². The van der Waals surface area contributed by atoms with Gasteiger partial charge in [0.1, 0.15) is 6.04 Å². The summed E-state index contributed by atoms with van der Waals surface area (Å²) in [4.78, 5) is 73.6. The average molecular weight is 973 g/mol. The van der Waals surface area contributed by atoms with E-state index in [0.29, 0.717) is 47.0 Å². The summed E-state index contributed by atoms with van der Waals surface area (Å²) >= 11 is 6.34. The topological polar surface area (TPSA) is 139 Å². The van der Waals surface area contributed by atoms with Crippen LogP contribution in [-0.4, -0.2) is 102 Å². The molecule has 70 heavy (non-hydrogen) atoms. The Bertz CT molecular complexity index is 2800. The molecular formula is C55H66ClN7O7. The van der Waals surface area contributed by atoms with E-state index in [9.17, 15) is 24.0 Å². The Morgan fingerprint density at radius 3 is 2.27 bits per heavy atom. The number of methoxy groups -OCH3 is 1. The summed E-state index contributed by atoms with van der Waals surface area (Å²) in [6, 6.07) is 25.4. The normalized spacial score (nSPS) is 21.1. The van der Waals surface area contributed by atoms with Gasteiger partial charge in [0.25, 0.3) is 0 Å². The number of ether oxygens (including phenoxy) is 2. The van der Waals surface area contributed by atoms with E-state index < -0.39 is 11.9 Å². The Labute approximate surface area is 415 Å². The van der Waals surface area contributed by atoms with Gasteiger partial charge in [-0.2, -0.15) is 0 Å². The van der Waals surface area contributed by atoms with Crippen molar-refractivity contribution in [2.45, 2.75) is 109 Å². The Morgan fingerprint density at radius 2 is 1.57 bits per heavy atom. The van der Waals surface area contributed by atoms with Gasteiger partial charge in [0.05, 0.1) is 43.3 Å². The zero-order chi connectivity index (χ0) is 49.2. The van der Waals surface area contributed by atoms with Crippen molar-refractivity contribution < 1.29 is 28.7 Å². The van der Waals surface area contributed by atoms with Crippen LogP contribution in [0.1, 0.15) is 106 Å². The maximum atomic E-state index is 14.1. The number of anilines is 2. The van der Waals surface area contributed by atoms with Crippen LogP contribution in [0, 0.1) is 5.92 Å². The van der Waals surface area contributed by atoms with Crippen molar-refractivity contribution in [2.75, 3.05) is 56.7 Å². The van der Waals surface area contributed by atoms with Crippen LogP contribution in [0.15, 0.2) is 83.7 Å². The summed E-state index contributed by atoms with van der Waals surface area (Å²) in [5.41, 5.74) is 7.14. The number of hydrogen-bond donors (Lipinski definition) is 1. The molecule has 3 aliphatic heterocycles. The molecule has 5 aromatic rings. The molecule has 1 saturated carbocycles. The molecule has 14 nitrogen and oxygen atoms in total. The first kappa shape index (κ1) is 48.9. The molecule has 4 aromatic carbocycles. The summed E-state index contributed by atoms with van der Waals surface area (Å²) in [5, 5.41) is 3.00. The van der Waals surface area contributed by atoms with Gasteiger partial charge < -0.3 is 24.2 Å². The number of carbonyl (C=O) groups is 4. The smallest absolute Gasteiger partial charge is 0.329 e. The molecule has 15 heteroatoms. The monoisotopic (exact) mass is 971 g/mol. The highest BCUT2D eigenvalue weighted by atomic mass is 35.5. The van der Waals surface area contributed by atoms with Crippen LogP contribution in [0.25, 0.3) is 11.0 Å². The Kier molecular flexibility index (Phi) is 14.7. The first-order chi connectivity index (χ1) is 33.8. The molecule has 1 N–H and O–H groups in total. The number of benzene rings is 4. The lowest BCUT2D eigenvalue weighted by Gasteiger charge is -2.42. The quantitative estimate of drug-likeness (QED) is 0.0771. The molecular weight excluding hydrogens is 906 g/mol. The molecule has 0 spiro atoms. The maximum absolute atomic E-state index is 14.1. The van der Waals surface area contributed by atoms with Crippen LogP contribution in [0.2, 0.25) is 5.02 Å². The van der Waals surface area contributed by atoms with Gasteiger partial charge in [0.2, 0.25) is 23.6 Å². The van der Waals surface area contributed by atoms with Crippen molar-refractivity contribution in [1.82, 2.24) is 24.3 Å². The van der Waals surface area contributed by atoms with Gasteiger partial charge in [0.15, 0.2) is 11.5 Å². The minimum absolute atomic E-state index is 0.00576. The minimum atomic E-state index is -0.694. The van der Waals surface area contributed by atoms with Crippen LogP contribution in [0.3, 0.4) is 0 Å². The minimum Gasteiger partial charge on any atom is -0.493 e. The Balaban J connectivity index is 0.735. The molecule has 1 aliphatic carbocycles. The van der Waals surface area contributed by atoms with Crippen molar-refractivity contribution in [2.24, 2.45) is 13.0 Å². The third-order valence-corrected chi connectivity index (χ3v) is 15.2. The largest absolute Gasteiger partial charge is 0.493 e. The summed E-state index contributed by atoms with van der Waals surface area (Å²) in [5.74, 6) is 1.31. The first-order valence-corrected chi connectivity index (χ1v) is 25.5. The number of aromatic nitrogens is 2. The number of aryl methyl sites for hydroxylation is 2. The number of imidazole rings is 1. The molecule has 4 amide bonds. The number of carbonyl (C=O) groups excluding carboxylic acids is 4. The van der Waals surface area contributed by atoms with Crippen molar-refractivity contribution in [3.05, 3.63) is 117 Å². The van der Waals surface area contributed by atoms with Gasteiger partial charge in [-0.25, -0.2) is 4.79 Å². The fourth-order valence-electron chi connectivity index (χ4n) is 11.3. The number of unbranched alkanes of at least 4 members (excludes halogenated alkanes) is 2. The summed E-state index contributed by atoms with van der Waals surface area (Å²) in [7, 11) is 5.49. The van der Waals surface area contributed by atoms with Gasteiger partial charge in [-0.3, -0.25) is 38.5 Å². The van der Waals surface area contributed by atoms with Gasteiger partial charge >= 0.3 is 5.69 Å². The highest BCUT2D eigenvalue weighted by Gasteiger charge is 2.37. The molecule has 4 aliphatic rings. The van der Waals surface area contributed by atoms with E-state index in [-0.39, 0.29) is 48.4 Å². The zero-order valence-corrected chi connectivity index (χ0v) is 41.9. The first-order valence-electron chi connectivity index (χ1n) is 25.1. The van der Waals surface area contributed by atoms with Crippen LogP contribution in [0.5, 0.6) is 11.5 Å². The third kappa shape index (κ3) is 10.3. The summed E-state index contributed by atoms with van der Waals surface area (Å²) in [6.07, 6.45) is 8.90. The highest BCUT2D eigenvalue weighted by molar-refractivity contribution is 6.30. The predicted molar refractivity (Wildman–Crippen MR) is 273 cm³/mol. The third-order valence-electron chi connectivity index (χ3n) is 15.0. The molecule has 2 saturated heterocycles. The lowest BCUT2D eigenvalue weighted by atomic mass is 9.84. The van der Waals surface area contributed by atoms with Crippen molar-refractivity contribution in [3.8, 4) is 11.5 Å². The standard InChI is InChI=1S/C55H66ClN7O7/c1-35(2)70-49-32-44-39(30-48(49)69-5)31-51(65)62(53(44)38-13-15-40(56)16-14-38)43-21-19-41(20-22-43)58(3)33-37-10-17-42(18-11-37)61-28-27-60(52(66)34-61)26-8-6-7-9-36-12-23-45-47(29-36)59(4)55(68)63(45)46-24-25-50(64)57-54(46)67/h12-16,19-23,29-30,32,35,37,42,46,53H,6-11,17-18,24-28,31,33-34H2,1-5H3,(H,57,64,67). The van der Waals surface area contributed by atoms with Crippen molar-refractivity contribution in [3.63, 3.8) is 0 Å². The summed E-state index contributed by atoms with van der Waals surface area (Å²) < 4.78 is 15.0. The number of hydrogen-bond acceptors (Lipinski definition) is 9. The van der Waals surface area contributed by atoms with E-state index in [1.807, 2.05) is 78.2 Å². The maximum Gasteiger partial charge on any atom is 0.329 e. The van der Waals surface area contributed by atoms with Gasteiger partial charge in [-0.15, -0.1) is 0 Å². The molecule has 4 heterocycles. The van der Waals surface area contributed by atoms with Gasteiger partial charge in [-0.1, -0.05) is 36.2 Å². The number of imide groups is 1. The average Bonchev–Trinajstić information content (AvgIpc) is 3.59. The molecule has 0 bridgehead atoms. The van der Waals surface area contributed by atoms with E-state index in [0.717, 1.165) is 117 Å². The Morgan fingerprint density at radius 1 is 0.814 bits per heavy atom. The molecule has 370 valence electrons. The number of nitrogens with zero attached hydrogens (tertiary/aromatic N) is 6. The van der Waals surface area contributed by atoms with E-state index in [4.69, 9.17) is 21.1 Å². The van der Waals surface area contributed by atoms with E-state index in [1.54, 1.807) is 18.7 Å². The molecule has 3 fully saturated rings. The molecule has 2 atom stereocenters. The van der Waals surface area contributed by atoms with E-state index >= 15 is 0 Å². The number of amides is 4. The second-order valence-corrected chi connectivity index (χ2v) is 20.4. The zero-order valence-electron chi connectivity index (χ0n) is 41.1. The number of nitrogens with one attached hydrogen (secondary N) is 1. The fraction of sp³-hybridized carbons (Fsp3) is 0.473. The van der Waals surface area contributed by atoms with Crippen LogP contribution < -0.4 is 30.3 Å². The molecule has 1 aromatic heterocycles. The lowest BCUT2D eigenvalue weighted by molar-refractivity contribution is -0.138. The van der Waals surface area contributed by atoms with E-state index in [1.165, 1.54) is 4.57 Å².